The summed E-state index contributed by atoms with van der Waals surface area (Å²) in [6.45, 7) is 0.870. The summed E-state index contributed by atoms with van der Waals surface area (Å²) in [5.41, 5.74) is 1.89. The number of alkyl halides is 2. The number of amides is 1. The van der Waals surface area contributed by atoms with Gasteiger partial charge in [0.25, 0.3) is 5.91 Å². The van der Waals surface area contributed by atoms with E-state index in [0.29, 0.717) is 5.13 Å². The van der Waals surface area contributed by atoms with Crippen LogP contribution in [-0.2, 0) is 0 Å². The third-order valence-corrected chi connectivity index (χ3v) is 4.99. The van der Waals surface area contributed by atoms with Crippen molar-refractivity contribution < 1.29 is 27.8 Å². The normalized spacial score (nSPS) is 10.7. The summed E-state index contributed by atoms with van der Waals surface area (Å²) in [5.74, 6) is 0.245. The summed E-state index contributed by atoms with van der Waals surface area (Å²) < 4.78 is 40.0. The molecule has 1 amide bonds. The number of aryl methyl sites for hydroxylation is 1. The van der Waals surface area contributed by atoms with Crippen LogP contribution in [0.25, 0.3) is 11.3 Å². The van der Waals surface area contributed by atoms with E-state index in [4.69, 9.17) is 9.47 Å². The van der Waals surface area contributed by atoms with Gasteiger partial charge in [0, 0.05) is 16.0 Å². The molecule has 0 bridgehead atoms. The summed E-state index contributed by atoms with van der Waals surface area (Å²) in [4.78, 5) is 18.1. The molecule has 0 fully saturated rings. The van der Waals surface area contributed by atoms with Crippen LogP contribution in [0.1, 0.15) is 22.2 Å². The first-order valence-electron chi connectivity index (χ1n) is 9.06. The number of aromatic nitrogens is 1. The molecule has 0 saturated heterocycles. The predicted octanol–water partition coefficient (Wildman–Crippen LogP) is 5.38. The highest BCUT2D eigenvalue weighted by atomic mass is 32.1. The standard InChI is InChI=1S/C21H20F2N2O4S/c1-4-28-17-11-14(7-10-16(17)29-20(22)23)19(26)25-21-24-18(12(2)30-21)13-5-8-15(27-3)9-6-13/h5-11,20H,4H2,1-3H3,(H,24,25,26). The number of methoxy groups -OCH3 is 1. The minimum Gasteiger partial charge on any atom is -0.497 e. The smallest absolute Gasteiger partial charge is 0.387 e. The zero-order valence-corrected chi connectivity index (χ0v) is 17.4. The molecule has 0 saturated carbocycles. The molecule has 0 atom stereocenters. The summed E-state index contributed by atoms with van der Waals surface area (Å²) in [7, 11) is 1.60. The van der Waals surface area contributed by atoms with Crippen LogP contribution in [0.5, 0.6) is 17.2 Å². The lowest BCUT2D eigenvalue weighted by Crippen LogP contribution is -2.12. The van der Waals surface area contributed by atoms with E-state index in [1.807, 2.05) is 31.2 Å². The summed E-state index contributed by atoms with van der Waals surface area (Å²) in [6, 6.07) is 11.5. The van der Waals surface area contributed by atoms with Gasteiger partial charge in [0.1, 0.15) is 5.75 Å². The van der Waals surface area contributed by atoms with Crippen LogP contribution in [0.4, 0.5) is 13.9 Å². The third-order valence-electron chi connectivity index (χ3n) is 4.10. The van der Waals surface area contributed by atoms with Gasteiger partial charge in [-0.15, -0.1) is 11.3 Å². The molecule has 3 rings (SSSR count). The monoisotopic (exact) mass is 434 g/mol. The van der Waals surface area contributed by atoms with Crippen molar-refractivity contribution in [1.29, 1.82) is 0 Å². The van der Waals surface area contributed by atoms with Crippen LogP contribution in [0, 0.1) is 6.92 Å². The Kier molecular flexibility index (Phi) is 6.83. The van der Waals surface area contributed by atoms with Crippen LogP contribution >= 0.6 is 11.3 Å². The summed E-state index contributed by atoms with van der Waals surface area (Å²) in [5, 5.41) is 3.17. The van der Waals surface area contributed by atoms with Crippen LogP contribution < -0.4 is 19.5 Å². The molecule has 30 heavy (non-hydrogen) atoms. The lowest BCUT2D eigenvalue weighted by molar-refractivity contribution is -0.0514. The molecule has 158 valence electrons. The number of hydrogen-bond acceptors (Lipinski definition) is 6. The summed E-state index contributed by atoms with van der Waals surface area (Å²) >= 11 is 1.34. The lowest BCUT2D eigenvalue weighted by atomic mass is 10.1. The largest absolute Gasteiger partial charge is 0.497 e. The maximum absolute atomic E-state index is 12.6. The average molecular weight is 434 g/mol. The molecule has 0 unspecified atom stereocenters. The fourth-order valence-corrected chi connectivity index (χ4v) is 3.58. The second kappa shape index (κ2) is 9.53. The number of rotatable bonds is 8. The first kappa shape index (κ1) is 21.5. The molecule has 0 aliphatic heterocycles. The molecule has 0 aliphatic carbocycles. The minimum absolute atomic E-state index is 0.0692. The van der Waals surface area contributed by atoms with Crippen molar-refractivity contribution in [2.75, 3.05) is 19.0 Å². The Morgan fingerprint density at radius 1 is 1.17 bits per heavy atom. The molecule has 2 aromatic carbocycles. The number of halogens is 2. The number of thiazole rings is 1. The van der Waals surface area contributed by atoms with Crippen molar-refractivity contribution in [3.05, 3.63) is 52.9 Å². The number of hydrogen-bond donors (Lipinski definition) is 1. The zero-order valence-electron chi connectivity index (χ0n) is 16.6. The first-order chi connectivity index (χ1) is 14.4. The maximum atomic E-state index is 12.6. The molecule has 9 heteroatoms. The second-order valence-electron chi connectivity index (χ2n) is 6.08. The van der Waals surface area contributed by atoms with E-state index in [9.17, 15) is 13.6 Å². The number of carbonyl (C=O) groups is 1. The Balaban J connectivity index is 1.79. The number of benzene rings is 2. The van der Waals surface area contributed by atoms with Gasteiger partial charge >= 0.3 is 6.61 Å². The van der Waals surface area contributed by atoms with Gasteiger partial charge in [-0.2, -0.15) is 8.78 Å². The molecule has 1 heterocycles. The quantitative estimate of drug-likeness (QED) is 0.516. The molecular weight excluding hydrogens is 414 g/mol. The Morgan fingerprint density at radius 2 is 1.90 bits per heavy atom. The Labute approximate surface area is 176 Å². The van der Waals surface area contributed by atoms with Crippen molar-refractivity contribution in [2.24, 2.45) is 0 Å². The van der Waals surface area contributed by atoms with Crippen LogP contribution in [-0.4, -0.2) is 31.2 Å². The van der Waals surface area contributed by atoms with Crippen LogP contribution in [0.3, 0.4) is 0 Å². The van der Waals surface area contributed by atoms with Gasteiger partial charge in [0.2, 0.25) is 0 Å². The second-order valence-corrected chi connectivity index (χ2v) is 7.28. The van der Waals surface area contributed by atoms with E-state index in [1.54, 1.807) is 14.0 Å². The highest BCUT2D eigenvalue weighted by Crippen LogP contribution is 2.33. The summed E-state index contributed by atoms with van der Waals surface area (Å²) in [6.07, 6.45) is 0. The van der Waals surface area contributed by atoms with E-state index in [1.165, 1.54) is 29.5 Å². The molecule has 6 nitrogen and oxygen atoms in total. The van der Waals surface area contributed by atoms with E-state index in [-0.39, 0.29) is 23.7 Å². The number of nitrogens with zero attached hydrogens (tertiary/aromatic N) is 1. The maximum Gasteiger partial charge on any atom is 0.387 e. The third kappa shape index (κ3) is 5.04. The number of anilines is 1. The number of carbonyl (C=O) groups excluding carboxylic acids is 1. The average Bonchev–Trinajstić information content (AvgIpc) is 3.09. The van der Waals surface area contributed by atoms with Gasteiger partial charge in [-0.3, -0.25) is 10.1 Å². The first-order valence-corrected chi connectivity index (χ1v) is 9.87. The van der Waals surface area contributed by atoms with E-state index in [0.717, 1.165) is 21.9 Å². The van der Waals surface area contributed by atoms with Gasteiger partial charge in [0.15, 0.2) is 16.6 Å². The van der Waals surface area contributed by atoms with E-state index >= 15 is 0 Å². The Hall–Kier alpha value is -3.20. The van der Waals surface area contributed by atoms with Crippen molar-refractivity contribution in [2.45, 2.75) is 20.5 Å². The van der Waals surface area contributed by atoms with Gasteiger partial charge in [-0.1, -0.05) is 0 Å². The lowest BCUT2D eigenvalue weighted by Gasteiger charge is -2.12. The molecule has 0 radical (unpaired) electrons. The number of ether oxygens (including phenoxy) is 3. The van der Waals surface area contributed by atoms with Crippen molar-refractivity contribution >= 4 is 22.4 Å². The van der Waals surface area contributed by atoms with Gasteiger partial charge in [-0.05, 0) is 56.3 Å². The Morgan fingerprint density at radius 3 is 2.53 bits per heavy atom. The fraction of sp³-hybridized carbons (Fsp3) is 0.238. The molecule has 1 aromatic heterocycles. The SMILES string of the molecule is CCOc1cc(C(=O)Nc2nc(-c3ccc(OC)cc3)c(C)s2)ccc1OC(F)F. The van der Waals surface area contributed by atoms with Crippen molar-refractivity contribution in [3.63, 3.8) is 0 Å². The molecule has 1 N–H and O–H groups in total. The number of nitrogens with one attached hydrogen (secondary N) is 1. The van der Waals surface area contributed by atoms with Crippen molar-refractivity contribution in [1.82, 2.24) is 4.98 Å². The van der Waals surface area contributed by atoms with Gasteiger partial charge < -0.3 is 14.2 Å². The molecule has 0 aliphatic rings. The Bertz CT molecular complexity index is 1020. The van der Waals surface area contributed by atoms with Crippen LogP contribution in [0.2, 0.25) is 0 Å². The van der Waals surface area contributed by atoms with Crippen LogP contribution in [0.15, 0.2) is 42.5 Å². The van der Waals surface area contributed by atoms with E-state index in [2.05, 4.69) is 15.0 Å². The van der Waals surface area contributed by atoms with E-state index < -0.39 is 12.5 Å². The zero-order chi connectivity index (χ0) is 21.7. The fourth-order valence-electron chi connectivity index (χ4n) is 2.75. The van der Waals surface area contributed by atoms with Gasteiger partial charge in [-0.25, -0.2) is 4.98 Å². The highest BCUT2D eigenvalue weighted by Gasteiger charge is 2.17. The molecule has 0 spiro atoms. The minimum atomic E-state index is -2.99. The van der Waals surface area contributed by atoms with Crippen molar-refractivity contribution in [3.8, 4) is 28.5 Å². The molecule has 3 aromatic rings. The highest BCUT2D eigenvalue weighted by molar-refractivity contribution is 7.16. The van der Waals surface area contributed by atoms with Gasteiger partial charge in [0.05, 0.1) is 19.4 Å². The topological polar surface area (TPSA) is 69.7 Å². The predicted molar refractivity (Wildman–Crippen MR) is 111 cm³/mol. The molecular formula is C21H20F2N2O4S.